The van der Waals surface area contributed by atoms with Gasteiger partial charge in [-0.25, -0.2) is 0 Å². The summed E-state index contributed by atoms with van der Waals surface area (Å²) in [5.74, 6) is -0.548. The summed E-state index contributed by atoms with van der Waals surface area (Å²) in [6, 6.07) is 1.63. The summed E-state index contributed by atoms with van der Waals surface area (Å²) in [5, 5.41) is 7.95. The SMILES string of the molecule is [CH]=C(C)OC(=O)CC#N. The van der Waals surface area contributed by atoms with Crippen LogP contribution in [0.2, 0.25) is 0 Å². The summed E-state index contributed by atoms with van der Waals surface area (Å²) < 4.78 is 4.32. The molecule has 0 aliphatic heterocycles. The molecule has 0 aliphatic carbocycles. The second kappa shape index (κ2) is 3.67. The van der Waals surface area contributed by atoms with E-state index in [1.54, 1.807) is 6.07 Å². The van der Waals surface area contributed by atoms with E-state index in [1.165, 1.54) is 6.92 Å². The van der Waals surface area contributed by atoms with E-state index in [-0.39, 0.29) is 12.2 Å². The summed E-state index contributed by atoms with van der Waals surface area (Å²) in [6.45, 7) is 6.43. The Labute approximate surface area is 53.5 Å². The minimum Gasteiger partial charge on any atom is -0.431 e. The van der Waals surface area contributed by atoms with E-state index in [2.05, 4.69) is 4.74 Å². The number of hydrogen-bond acceptors (Lipinski definition) is 3. The average Bonchev–Trinajstić information content (AvgIpc) is 1.63. The first kappa shape index (κ1) is 7.70. The highest BCUT2D eigenvalue weighted by Crippen LogP contribution is 1.92. The zero-order valence-corrected chi connectivity index (χ0v) is 5.05. The number of esters is 1. The molecule has 0 aromatic heterocycles. The van der Waals surface area contributed by atoms with E-state index in [9.17, 15) is 4.79 Å². The molecule has 1 radical (unpaired) electrons. The number of nitriles is 1. The van der Waals surface area contributed by atoms with Crippen LogP contribution in [-0.4, -0.2) is 5.97 Å². The van der Waals surface area contributed by atoms with Crippen LogP contribution in [0, 0.1) is 17.9 Å². The van der Waals surface area contributed by atoms with Gasteiger partial charge in [0, 0.05) is 0 Å². The number of hydrogen-bond donors (Lipinski definition) is 0. The van der Waals surface area contributed by atoms with Crippen molar-refractivity contribution in [3.05, 3.63) is 12.3 Å². The Kier molecular flexibility index (Phi) is 3.14. The lowest BCUT2D eigenvalue weighted by molar-refractivity contribution is -0.138. The maximum atomic E-state index is 10.3. The molecule has 3 nitrogen and oxygen atoms in total. The molecule has 0 fully saturated rings. The number of rotatable bonds is 2. The Morgan fingerprint density at radius 1 is 1.89 bits per heavy atom. The van der Waals surface area contributed by atoms with Crippen molar-refractivity contribution < 1.29 is 9.53 Å². The molecule has 3 heteroatoms. The minimum atomic E-state index is -0.613. The maximum absolute atomic E-state index is 10.3. The fourth-order valence-electron chi connectivity index (χ4n) is 0.280. The second-order valence-corrected chi connectivity index (χ2v) is 1.42. The van der Waals surface area contributed by atoms with E-state index in [4.69, 9.17) is 11.8 Å². The van der Waals surface area contributed by atoms with Gasteiger partial charge in [0.15, 0.2) is 0 Å². The second-order valence-electron chi connectivity index (χ2n) is 1.42. The molecule has 0 spiro atoms. The fourth-order valence-corrected chi connectivity index (χ4v) is 0.280. The van der Waals surface area contributed by atoms with Crippen LogP contribution in [0.15, 0.2) is 5.76 Å². The molecule has 0 bridgehead atoms. The van der Waals surface area contributed by atoms with Crippen LogP contribution in [0.1, 0.15) is 13.3 Å². The van der Waals surface area contributed by atoms with Crippen LogP contribution in [0.3, 0.4) is 0 Å². The lowest BCUT2D eigenvalue weighted by Gasteiger charge is -1.95. The molecule has 0 aromatic rings. The standard InChI is InChI=1S/C6H6NO2/c1-5(2)9-6(8)3-4-7/h1H,3H2,2H3. The van der Waals surface area contributed by atoms with Gasteiger partial charge in [0.25, 0.3) is 0 Å². The van der Waals surface area contributed by atoms with Gasteiger partial charge in [0.1, 0.15) is 12.2 Å². The van der Waals surface area contributed by atoms with Crippen molar-refractivity contribution in [2.24, 2.45) is 0 Å². The van der Waals surface area contributed by atoms with Gasteiger partial charge < -0.3 is 4.74 Å². The lowest BCUT2D eigenvalue weighted by atomic mass is 10.5. The molecule has 0 aromatic carbocycles. The molecule has 0 saturated heterocycles. The van der Waals surface area contributed by atoms with E-state index in [0.29, 0.717) is 0 Å². The molecule has 0 unspecified atom stereocenters. The molecule has 47 valence electrons. The predicted octanol–water partition coefficient (Wildman–Crippen LogP) is 0.780. The maximum Gasteiger partial charge on any atom is 0.325 e. The van der Waals surface area contributed by atoms with Crippen LogP contribution in [0.25, 0.3) is 0 Å². The molecule has 0 aliphatic rings. The number of ether oxygens (including phenoxy) is 1. The highest BCUT2D eigenvalue weighted by atomic mass is 16.5. The van der Waals surface area contributed by atoms with E-state index >= 15 is 0 Å². The van der Waals surface area contributed by atoms with Gasteiger partial charge in [-0.1, -0.05) is 0 Å². The Morgan fingerprint density at radius 3 is 2.78 bits per heavy atom. The van der Waals surface area contributed by atoms with Crippen molar-refractivity contribution in [2.75, 3.05) is 0 Å². The fraction of sp³-hybridized carbons (Fsp3) is 0.333. The summed E-state index contributed by atoms with van der Waals surface area (Å²) in [5.41, 5.74) is 0. The van der Waals surface area contributed by atoms with Crippen molar-refractivity contribution >= 4 is 5.97 Å². The van der Waals surface area contributed by atoms with E-state index in [1.807, 2.05) is 0 Å². The minimum absolute atomic E-state index is 0.0650. The monoisotopic (exact) mass is 124 g/mol. The summed E-state index contributed by atoms with van der Waals surface area (Å²) >= 11 is 0. The van der Waals surface area contributed by atoms with E-state index < -0.39 is 5.97 Å². The highest BCUT2D eigenvalue weighted by molar-refractivity contribution is 5.72. The molecule has 9 heavy (non-hydrogen) atoms. The van der Waals surface area contributed by atoms with Gasteiger partial charge in [-0.15, -0.1) is 0 Å². The van der Waals surface area contributed by atoms with Crippen LogP contribution in [-0.2, 0) is 9.53 Å². The van der Waals surface area contributed by atoms with Gasteiger partial charge in [0.2, 0.25) is 0 Å². The molecule has 0 N–H and O–H groups in total. The van der Waals surface area contributed by atoms with E-state index in [0.717, 1.165) is 0 Å². The van der Waals surface area contributed by atoms with Gasteiger partial charge in [-0.3, -0.25) is 4.79 Å². The van der Waals surface area contributed by atoms with Crippen LogP contribution >= 0.6 is 0 Å². The average molecular weight is 124 g/mol. The quantitative estimate of drug-likeness (QED) is 0.403. The van der Waals surface area contributed by atoms with Gasteiger partial charge in [0.05, 0.1) is 6.07 Å². The zero-order chi connectivity index (χ0) is 7.28. The van der Waals surface area contributed by atoms with Crippen molar-refractivity contribution in [2.45, 2.75) is 13.3 Å². The topological polar surface area (TPSA) is 50.1 Å². The number of carbonyl (C=O) groups is 1. The first-order valence-corrected chi connectivity index (χ1v) is 2.33. The molecular formula is C6H6NO2. The number of carbonyl (C=O) groups excluding carboxylic acids is 1. The van der Waals surface area contributed by atoms with Crippen LogP contribution in [0.4, 0.5) is 0 Å². The van der Waals surface area contributed by atoms with Gasteiger partial charge in [-0.2, -0.15) is 5.26 Å². The van der Waals surface area contributed by atoms with Gasteiger partial charge >= 0.3 is 5.97 Å². The Hall–Kier alpha value is -1.30. The van der Waals surface area contributed by atoms with Crippen molar-refractivity contribution in [1.82, 2.24) is 0 Å². The molecule has 0 heterocycles. The highest BCUT2D eigenvalue weighted by Gasteiger charge is 1.99. The molecule has 0 amide bonds. The summed E-state index contributed by atoms with van der Waals surface area (Å²) in [4.78, 5) is 10.3. The van der Waals surface area contributed by atoms with Crippen molar-refractivity contribution in [3.63, 3.8) is 0 Å². The molecular weight excluding hydrogens is 118 g/mol. The number of allylic oxidation sites excluding steroid dienone is 1. The Morgan fingerprint density at radius 2 is 2.44 bits per heavy atom. The van der Waals surface area contributed by atoms with Gasteiger partial charge in [-0.05, 0) is 13.5 Å². The molecule has 0 atom stereocenters. The lowest BCUT2D eigenvalue weighted by Crippen LogP contribution is -1.99. The largest absolute Gasteiger partial charge is 0.431 e. The molecule has 0 saturated carbocycles. The third-order valence-electron chi connectivity index (χ3n) is 0.498. The third-order valence-corrected chi connectivity index (χ3v) is 0.498. The van der Waals surface area contributed by atoms with Crippen LogP contribution < -0.4 is 0 Å². The normalized spacial score (nSPS) is 7.56. The first-order chi connectivity index (χ1) is 4.16. The third kappa shape index (κ3) is 4.56. The van der Waals surface area contributed by atoms with Crippen molar-refractivity contribution in [1.29, 1.82) is 5.26 Å². The van der Waals surface area contributed by atoms with Crippen molar-refractivity contribution in [3.8, 4) is 6.07 Å². The smallest absolute Gasteiger partial charge is 0.325 e. The predicted molar refractivity (Wildman–Crippen MR) is 29.8 cm³/mol. The zero-order valence-electron chi connectivity index (χ0n) is 5.05. The van der Waals surface area contributed by atoms with Crippen LogP contribution in [0.5, 0.6) is 0 Å². The Balaban J connectivity index is 3.54. The molecule has 0 rings (SSSR count). The Bertz CT molecular complexity index is 166. The number of nitrogens with zero attached hydrogens (tertiary/aromatic N) is 1. The summed E-state index contributed by atoms with van der Waals surface area (Å²) in [7, 11) is 0. The first-order valence-electron chi connectivity index (χ1n) is 2.33. The summed E-state index contributed by atoms with van der Waals surface area (Å²) in [6.07, 6.45) is -0.255.